The van der Waals surface area contributed by atoms with E-state index in [1.165, 1.54) is 30.1 Å². The molecule has 0 saturated heterocycles. The van der Waals surface area contributed by atoms with Gasteiger partial charge in [0, 0.05) is 32.5 Å². The van der Waals surface area contributed by atoms with E-state index in [1.54, 1.807) is 30.3 Å². The summed E-state index contributed by atoms with van der Waals surface area (Å²) in [5, 5.41) is 15.6. The van der Waals surface area contributed by atoms with Gasteiger partial charge in [-0.3, -0.25) is 14.9 Å². The molecule has 0 unspecified atom stereocenters. The average molecular weight is 442 g/mol. The fraction of sp³-hybridized carbons (Fsp3) is 0.0476. The number of nitrogens with one attached hydrogen (secondary N) is 1. The molecule has 0 saturated carbocycles. The quantitative estimate of drug-likeness (QED) is 0.304. The molecule has 3 rings (SSSR count). The van der Waals surface area contributed by atoms with Crippen molar-refractivity contribution in [2.45, 2.75) is 9.79 Å². The highest BCUT2D eigenvalue weighted by Gasteiger charge is 2.11. The minimum atomic E-state index is -0.479. The van der Waals surface area contributed by atoms with Crippen LogP contribution < -0.4 is 10.2 Å². The molecule has 9 heteroatoms. The Labute approximate surface area is 181 Å². The largest absolute Gasteiger partial charge is 0.484 e. The number of non-ortho nitro benzene ring substituents is 1. The van der Waals surface area contributed by atoms with Crippen LogP contribution in [-0.4, -0.2) is 23.7 Å². The summed E-state index contributed by atoms with van der Waals surface area (Å²) in [5.74, 6) is 0.0302. The number of carbonyl (C=O) groups is 1. The normalized spacial score (nSPS) is 10.7. The molecule has 0 heterocycles. The van der Waals surface area contributed by atoms with E-state index in [4.69, 9.17) is 16.3 Å². The molecule has 0 aliphatic carbocycles. The highest BCUT2D eigenvalue weighted by atomic mass is 35.5. The number of nitro groups is 1. The monoisotopic (exact) mass is 441 g/mol. The first-order valence-electron chi connectivity index (χ1n) is 8.73. The molecule has 1 amide bonds. The van der Waals surface area contributed by atoms with Crippen LogP contribution in [0.1, 0.15) is 5.56 Å². The Morgan fingerprint density at radius 1 is 1.13 bits per heavy atom. The van der Waals surface area contributed by atoms with Crippen LogP contribution in [0.3, 0.4) is 0 Å². The Morgan fingerprint density at radius 2 is 1.87 bits per heavy atom. The van der Waals surface area contributed by atoms with Crippen LogP contribution >= 0.6 is 23.4 Å². The second-order valence-electron chi connectivity index (χ2n) is 5.93. The van der Waals surface area contributed by atoms with Gasteiger partial charge in [0.1, 0.15) is 5.75 Å². The number of amides is 1. The van der Waals surface area contributed by atoms with Crippen molar-refractivity contribution in [3.05, 3.63) is 93.5 Å². The number of hydrazone groups is 1. The summed E-state index contributed by atoms with van der Waals surface area (Å²) in [6, 6.07) is 20.7. The fourth-order valence-electron chi connectivity index (χ4n) is 2.34. The molecule has 0 aliphatic rings. The number of nitro benzene ring substituents is 1. The summed E-state index contributed by atoms with van der Waals surface area (Å²) in [7, 11) is 0. The smallest absolute Gasteiger partial charge is 0.277 e. The number of halogens is 1. The molecule has 7 nitrogen and oxygen atoms in total. The Morgan fingerprint density at radius 3 is 2.57 bits per heavy atom. The van der Waals surface area contributed by atoms with Gasteiger partial charge in [0.05, 0.1) is 11.1 Å². The Balaban J connectivity index is 1.66. The molecule has 0 aliphatic heterocycles. The van der Waals surface area contributed by atoms with Crippen LogP contribution in [-0.2, 0) is 4.79 Å². The second kappa shape index (κ2) is 10.4. The summed E-state index contributed by atoms with van der Waals surface area (Å²) in [5.41, 5.74) is 2.80. The van der Waals surface area contributed by atoms with Gasteiger partial charge in [-0.15, -0.1) is 0 Å². The predicted octanol–water partition coefficient (Wildman–Crippen LogP) is 4.93. The number of ether oxygens (including phenoxy) is 1. The van der Waals surface area contributed by atoms with Gasteiger partial charge in [0.15, 0.2) is 6.61 Å². The van der Waals surface area contributed by atoms with Crippen molar-refractivity contribution in [1.29, 1.82) is 0 Å². The molecule has 0 spiro atoms. The highest BCUT2D eigenvalue weighted by molar-refractivity contribution is 7.99. The van der Waals surface area contributed by atoms with Crippen molar-refractivity contribution in [1.82, 2.24) is 5.43 Å². The second-order valence-corrected chi connectivity index (χ2v) is 7.48. The minimum Gasteiger partial charge on any atom is -0.484 e. The summed E-state index contributed by atoms with van der Waals surface area (Å²) in [6.07, 6.45) is 1.37. The first-order chi connectivity index (χ1) is 14.5. The van der Waals surface area contributed by atoms with Crippen LogP contribution in [0.15, 0.2) is 87.7 Å². The average Bonchev–Trinajstić information content (AvgIpc) is 2.75. The lowest BCUT2D eigenvalue weighted by Gasteiger charge is -2.06. The lowest BCUT2D eigenvalue weighted by Crippen LogP contribution is -2.24. The van der Waals surface area contributed by atoms with E-state index in [0.29, 0.717) is 16.3 Å². The zero-order valence-corrected chi connectivity index (χ0v) is 17.1. The lowest BCUT2D eigenvalue weighted by molar-refractivity contribution is -0.384. The molecule has 0 bridgehead atoms. The Bertz CT molecular complexity index is 1060. The number of benzene rings is 3. The summed E-state index contributed by atoms with van der Waals surface area (Å²) in [6.45, 7) is -0.237. The van der Waals surface area contributed by atoms with Gasteiger partial charge < -0.3 is 4.74 Å². The van der Waals surface area contributed by atoms with Gasteiger partial charge >= 0.3 is 0 Å². The van der Waals surface area contributed by atoms with Crippen LogP contribution in [0.4, 0.5) is 5.69 Å². The first kappa shape index (κ1) is 21.4. The summed E-state index contributed by atoms with van der Waals surface area (Å²) in [4.78, 5) is 24.3. The molecule has 0 aromatic heterocycles. The predicted molar refractivity (Wildman–Crippen MR) is 116 cm³/mol. The van der Waals surface area contributed by atoms with Gasteiger partial charge in [0.2, 0.25) is 0 Å². The van der Waals surface area contributed by atoms with Crippen LogP contribution in [0.25, 0.3) is 0 Å². The first-order valence-corrected chi connectivity index (χ1v) is 9.92. The number of hydrogen-bond acceptors (Lipinski definition) is 6. The van der Waals surface area contributed by atoms with E-state index in [2.05, 4.69) is 10.5 Å². The third kappa shape index (κ3) is 6.33. The van der Waals surface area contributed by atoms with E-state index in [0.717, 1.165) is 9.79 Å². The molecule has 3 aromatic rings. The standard InChI is InChI=1S/C21H16ClN3O4S/c22-16-6-9-18(10-7-16)29-14-21(26)24-23-13-15-12-17(25(27)28)8-11-20(15)30-19-4-2-1-3-5-19/h1-13H,14H2,(H,24,26)/b23-13+. The van der Waals surface area contributed by atoms with Crippen molar-refractivity contribution in [3.8, 4) is 5.75 Å². The molecule has 0 atom stereocenters. The lowest BCUT2D eigenvalue weighted by atomic mass is 10.2. The van der Waals surface area contributed by atoms with Gasteiger partial charge in [-0.25, -0.2) is 5.43 Å². The zero-order valence-electron chi connectivity index (χ0n) is 15.5. The summed E-state index contributed by atoms with van der Waals surface area (Å²) < 4.78 is 5.34. The van der Waals surface area contributed by atoms with Gasteiger partial charge in [-0.2, -0.15) is 5.10 Å². The highest BCUT2D eigenvalue weighted by Crippen LogP contribution is 2.31. The van der Waals surface area contributed by atoms with E-state index in [1.807, 2.05) is 30.3 Å². The van der Waals surface area contributed by atoms with Gasteiger partial charge in [-0.05, 0) is 42.5 Å². The van der Waals surface area contributed by atoms with Gasteiger partial charge in [0.25, 0.3) is 11.6 Å². The SMILES string of the molecule is O=C(COc1ccc(Cl)cc1)N/N=C/c1cc([N+](=O)[O-])ccc1Sc1ccccc1. The van der Waals surface area contributed by atoms with E-state index in [9.17, 15) is 14.9 Å². The fourth-order valence-corrected chi connectivity index (χ4v) is 3.38. The van der Waals surface area contributed by atoms with Gasteiger partial charge in [-0.1, -0.05) is 41.6 Å². The maximum Gasteiger partial charge on any atom is 0.277 e. The van der Waals surface area contributed by atoms with Crippen LogP contribution in [0, 0.1) is 10.1 Å². The van der Waals surface area contributed by atoms with Crippen LogP contribution in [0.2, 0.25) is 5.02 Å². The maximum absolute atomic E-state index is 11.9. The topological polar surface area (TPSA) is 93.8 Å². The molecule has 152 valence electrons. The molecule has 1 N–H and O–H groups in total. The molecular formula is C21H16ClN3O4S. The number of carbonyl (C=O) groups excluding carboxylic acids is 1. The van der Waals surface area contributed by atoms with E-state index in [-0.39, 0.29) is 12.3 Å². The van der Waals surface area contributed by atoms with Crippen molar-refractivity contribution in [2.24, 2.45) is 5.10 Å². The molecule has 0 radical (unpaired) electrons. The zero-order chi connectivity index (χ0) is 21.3. The Hall–Kier alpha value is -3.36. The van der Waals surface area contributed by atoms with Crippen molar-refractivity contribution < 1.29 is 14.5 Å². The third-order valence-corrected chi connectivity index (χ3v) is 5.10. The van der Waals surface area contributed by atoms with E-state index >= 15 is 0 Å². The van der Waals surface area contributed by atoms with Crippen molar-refractivity contribution in [2.75, 3.05) is 6.61 Å². The summed E-state index contributed by atoms with van der Waals surface area (Å²) >= 11 is 7.24. The molecule has 0 fully saturated rings. The van der Waals surface area contributed by atoms with Crippen molar-refractivity contribution in [3.63, 3.8) is 0 Å². The van der Waals surface area contributed by atoms with Crippen LogP contribution in [0.5, 0.6) is 5.75 Å². The molecule has 30 heavy (non-hydrogen) atoms. The maximum atomic E-state index is 11.9. The minimum absolute atomic E-state index is 0.0636. The number of hydrogen-bond donors (Lipinski definition) is 1. The number of rotatable bonds is 8. The van der Waals surface area contributed by atoms with Crippen molar-refractivity contribution >= 4 is 41.2 Å². The third-order valence-electron chi connectivity index (χ3n) is 3.75. The number of nitrogens with zero attached hydrogens (tertiary/aromatic N) is 2. The van der Waals surface area contributed by atoms with E-state index < -0.39 is 10.8 Å². The molecule has 3 aromatic carbocycles. The Kier molecular flexibility index (Phi) is 7.42. The molecular weight excluding hydrogens is 426 g/mol.